The highest BCUT2D eigenvalue weighted by Gasteiger charge is 2.33. The molecular weight excluding hydrogens is 447 g/mol. The van der Waals surface area contributed by atoms with Gasteiger partial charge in [0, 0.05) is 23.1 Å². The molecule has 1 saturated heterocycles. The maximum absolute atomic E-state index is 12.9. The Kier molecular flexibility index (Phi) is 7.63. The number of rotatable bonds is 7. The van der Waals surface area contributed by atoms with Crippen molar-refractivity contribution in [2.24, 2.45) is 5.92 Å². The number of benzene rings is 2. The normalized spacial score (nSPS) is 17.5. The van der Waals surface area contributed by atoms with Gasteiger partial charge in [-0.2, -0.15) is 0 Å². The van der Waals surface area contributed by atoms with Gasteiger partial charge in [0.1, 0.15) is 5.75 Å². The predicted octanol–water partition coefficient (Wildman–Crippen LogP) is 4.57. The number of nitrogens with one attached hydrogen (secondary N) is 1. The monoisotopic (exact) mass is 470 g/mol. The Labute approximate surface area is 187 Å². The van der Waals surface area contributed by atoms with Gasteiger partial charge in [-0.15, -0.1) is 0 Å². The molecule has 2 aromatic rings. The van der Waals surface area contributed by atoms with Crippen LogP contribution in [-0.4, -0.2) is 38.3 Å². The second-order valence-corrected chi connectivity index (χ2v) is 9.92. The van der Waals surface area contributed by atoms with E-state index in [0.717, 1.165) is 0 Å². The average Bonchev–Trinajstić information content (AvgIpc) is 2.72. The first-order valence-electron chi connectivity index (χ1n) is 9.74. The molecule has 0 radical (unpaired) electrons. The third-order valence-electron chi connectivity index (χ3n) is 4.95. The Morgan fingerprint density at radius 3 is 2.73 bits per heavy atom. The molecule has 1 atom stereocenters. The molecular formula is C21H24Cl2N2O4S. The SMILES string of the molecule is CCOc1ccccc1NC(=O)[C@H]1CCCN(S(=O)(=O)Cc2ccc(Cl)cc2Cl)C1. The lowest BCUT2D eigenvalue weighted by atomic mass is 9.98. The molecule has 1 fully saturated rings. The van der Waals surface area contributed by atoms with Gasteiger partial charge >= 0.3 is 0 Å². The number of hydrogen-bond acceptors (Lipinski definition) is 4. The molecule has 6 nitrogen and oxygen atoms in total. The number of nitrogens with zero attached hydrogens (tertiary/aromatic N) is 1. The predicted molar refractivity (Wildman–Crippen MR) is 120 cm³/mol. The van der Waals surface area contributed by atoms with Crippen LogP contribution < -0.4 is 10.1 Å². The minimum atomic E-state index is -3.63. The fourth-order valence-corrected chi connectivity index (χ4v) is 5.62. The Hall–Kier alpha value is -1.80. The first-order chi connectivity index (χ1) is 14.3. The van der Waals surface area contributed by atoms with Crippen molar-refractivity contribution in [2.45, 2.75) is 25.5 Å². The Bertz CT molecular complexity index is 1010. The van der Waals surface area contributed by atoms with Crippen molar-refractivity contribution < 1.29 is 17.9 Å². The number of carbonyl (C=O) groups is 1. The van der Waals surface area contributed by atoms with Gasteiger partial charge in [-0.25, -0.2) is 12.7 Å². The number of ether oxygens (including phenoxy) is 1. The lowest BCUT2D eigenvalue weighted by Gasteiger charge is -2.31. The van der Waals surface area contributed by atoms with Crippen LogP contribution in [0.3, 0.4) is 0 Å². The highest BCUT2D eigenvalue weighted by Crippen LogP contribution is 2.28. The maximum atomic E-state index is 12.9. The van der Waals surface area contributed by atoms with Gasteiger partial charge in [0.25, 0.3) is 0 Å². The van der Waals surface area contributed by atoms with E-state index in [1.165, 1.54) is 10.4 Å². The number of anilines is 1. The fraction of sp³-hybridized carbons (Fsp3) is 0.381. The van der Waals surface area contributed by atoms with E-state index < -0.39 is 15.9 Å². The highest BCUT2D eigenvalue weighted by atomic mass is 35.5. The summed E-state index contributed by atoms with van der Waals surface area (Å²) in [5, 5.41) is 3.64. The molecule has 0 aromatic heterocycles. The van der Waals surface area contributed by atoms with Gasteiger partial charge in [-0.3, -0.25) is 4.79 Å². The van der Waals surface area contributed by atoms with Crippen molar-refractivity contribution >= 4 is 44.8 Å². The van der Waals surface area contributed by atoms with E-state index in [2.05, 4.69) is 5.32 Å². The summed E-state index contributed by atoms with van der Waals surface area (Å²) in [5.41, 5.74) is 1.07. The molecule has 0 spiro atoms. The van der Waals surface area contributed by atoms with Crippen molar-refractivity contribution in [3.05, 3.63) is 58.1 Å². The topological polar surface area (TPSA) is 75.7 Å². The van der Waals surface area contributed by atoms with Gasteiger partial charge in [0.2, 0.25) is 15.9 Å². The van der Waals surface area contributed by atoms with Crippen LogP contribution in [0.2, 0.25) is 10.0 Å². The first kappa shape index (κ1) is 22.9. The second kappa shape index (κ2) is 10.0. The van der Waals surface area contributed by atoms with Gasteiger partial charge in [0.15, 0.2) is 0 Å². The molecule has 9 heteroatoms. The van der Waals surface area contributed by atoms with E-state index in [4.69, 9.17) is 27.9 Å². The fourth-order valence-electron chi connectivity index (χ4n) is 3.42. The van der Waals surface area contributed by atoms with Crippen LogP contribution in [-0.2, 0) is 20.6 Å². The highest BCUT2D eigenvalue weighted by molar-refractivity contribution is 7.88. The number of para-hydroxylation sites is 2. The molecule has 0 saturated carbocycles. The van der Waals surface area contributed by atoms with Crippen molar-refractivity contribution in [3.8, 4) is 5.75 Å². The molecule has 1 aliphatic rings. The average molecular weight is 471 g/mol. The Morgan fingerprint density at radius 2 is 2.00 bits per heavy atom. The van der Waals surface area contributed by atoms with Crippen LogP contribution >= 0.6 is 23.2 Å². The second-order valence-electron chi connectivity index (χ2n) is 7.11. The van der Waals surface area contributed by atoms with Crippen LogP contribution in [0, 0.1) is 5.92 Å². The molecule has 3 rings (SSSR count). The van der Waals surface area contributed by atoms with Gasteiger partial charge < -0.3 is 10.1 Å². The molecule has 1 N–H and O–H groups in total. The Morgan fingerprint density at radius 1 is 1.23 bits per heavy atom. The lowest BCUT2D eigenvalue weighted by molar-refractivity contribution is -0.120. The zero-order valence-corrected chi connectivity index (χ0v) is 18.9. The zero-order chi connectivity index (χ0) is 21.7. The maximum Gasteiger partial charge on any atom is 0.228 e. The third-order valence-corrected chi connectivity index (χ3v) is 7.33. The third kappa shape index (κ3) is 5.66. The van der Waals surface area contributed by atoms with E-state index >= 15 is 0 Å². The van der Waals surface area contributed by atoms with Crippen molar-refractivity contribution in [1.82, 2.24) is 4.31 Å². The van der Waals surface area contributed by atoms with Gasteiger partial charge in [0.05, 0.1) is 24.0 Å². The summed E-state index contributed by atoms with van der Waals surface area (Å²) in [6, 6.07) is 11.9. The number of sulfonamides is 1. The van der Waals surface area contributed by atoms with Gasteiger partial charge in [-0.05, 0) is 49.6 Å². The summed E-state index contributed by atoms with van der Waals surface area (Å²) in [7, 11) is -3.63. The summed E-state index contributed by atoms with van der Waals surface area (Å²) in [6.07, 6.45) is 1.23. The van der Waals surface area contributed by atoms with Gasteiger partial charge in [-0.1, -0.05) is 41.4 Å². The van der Waals surface area contributed by atoms with E-state index in [1.54, 1.807) is 24.3 Å². The number of carbonyl (C=O) groups excluding carboxylic acids is 1. The number of hydrogen-bond donors (Lipinski definition) is 1. The minimum Gasteiger partial charge on any atom is -0.492 e. The molecule has 30 heavy (non-hydrogen) atoms. The first-order valence-corrected chi connectivity index (χ1v) is 12.1. The quantitative estimate of drug-likeness (QED) is 0.642. The lowest BCUT2D eigenvalue weighted by Crippen LogP contribution is -2.44. The zero-order valence-electron chi connectivity index (χ0n) is 16.6. The van der Waals surface area contributed by atoms with Crippen LogP contribution in [0.25, 0.3) is 0 Å². The molecule has 0 aliphatic carbocycles. The van der Waals surface area contributed by atoms with Crippen molar-refractivity contribution in [3.63, 3.8) is 0 Å². The summed E-state index contributed by atoms with van der Waals surface area (Å²) < 4.78 is 32.8. The molecule has 0 unspecified atom stereocenters. The van der Waals surface area contributed by atoms with Crippen molar-refractivity contribution in [1.29, 1.82) is 0 Å². The van der Waals surface area contributed by atoms with Crippen LogP contribution in [0.5, 0.6) is 5.75 Å². The van der Waals surface area contributed by atoms with E-state index in [1.807, 2.05) is 19.1 Å². The number of piperidine rings is 1. The number of halogens is 2. The van der Waals surface area contributed by atoms with E-state index in [-0.39, 0.29) is 18.2 Å². The van der Waals surface area contributed by atoms with E-state index in [9.17, 15) is 13.2 Å². The molecule has 0 bridgehead atoms. The Balaban J connectivity index is 1.69. The number of amides is 1. The molecule has 1 amide bonds. The minimum absolute atomic E-state index is 0.135. The molecule has 2 aromatic carbocycles. The molecule has 162 valence electrons. The van der Waals surface area contributed by atoms with Crippen molar-refractivity contribution in [2.75, 3.05) is 25.0 Å². The summed E-state index contributed by atoms with van der Waals surface area (Å²) >= 11 is 12.0. The smallest absolute Gasteiger partial charge is 0.228 e. The summed E-state index contributed by atoms with van der Waals surface area (Å²) in [5.74, 6) is -0.300. The molecule has 1 heterocycles. The molecule has 1 aliphatic heterocycles. The summed E-state index contributed by atoms with van der Waals surface area (Å²) in [6.45, 7) is 2.87. The largest absolute Gasteiger partial charge is 0.492 e. The standard InChI is InChI=1S/C21H24Cl2N2O4S/c1-2-29-20-8-4-3-7-19(20)24-21(26)15-6-5-11-25(13-15)30(27,28)14-16-9-10-17(22)12-18(16)23/h3-4,7-10,12,15H,2,5-6,11,13-14H2,1H3,(H,24,26)/t15-/m0/s1. The van der Waals surface area contributed by atoms with Crippen LogP contribution in [0.1, 0.15) is 25.3 Å². The van der Waals surface area contributed by atoms with E-state index in [0.29, 0.717) is 53.0 Å². The van der Waals surface area contributed by atoms with Crippen LogP contribution in [0.15, 0.2) is 42.5 Å². The summed E-state index contributed by atoms with van der Waals surface area (Å²) in [4.78, 5) is 12.8. The van der Waals surface area contributed by atoms with Crippen LogP contribution in [0.4, 0.5) is 5.69 Å².